The van der Waals surface area contributed by atoms with Gasteiger partial charge in [-0.25, -0.2) is 0 Å². The van der Waals surface area contributed by atoms with Crippen LogP contribution < -0.4 is 12.4 Å². The third-order valence-corrected chi connectivity index (χ3v) is 1.21. The molecule has 3 heteroatoms. The molecule has 0 aromatic carbocycles. The van der Waals surface area contributed by atoms with Gasteiger partial charge in [0.05, 0.1) is 33.9 Å². The quantitative estimate of drug-likeness (QED) is 0.462. The largest absolute Gasteiger partial charge is 1.00 e. The van der Waals surface area contributed by atoms with E-state index < -0.39 is 0 Å². The monoisotopic (exact) mass is 181 g/mol. The first-order chi connectivity index (χ1) is 4.42. The van der Waals surface area contributed by atoms with Crippen LogP contribution in [0, 0.1) is 0 Å². The van der Waals surface area contributed by atoms with Gasteiger partial charge in [0, 0.05) is 0 Å². The van der Waals surface area contributed by atoms with Crippen molar-refractivity contribution in [3.05, 3.63) is 0 Å². The van der Waals surface area contributed by atoms with Gasteiger partial charge in [-0.2, -0.15) is 0 Å². The van der Waals surface area contributed by atoms with E-state index in [1.807, 2.05) is 0 Å². The van der Waals surface area contributed by atoms with Crippen molar-refractivity contribution in [2.75, 3.05) is 34.3 Å². The van der Waals surface area contributed by atoms with Crippen LogP contribution in [0.5, 0.6) is 0 Å². The van der Waals surface area contributed by atoms with E-state index in [4.69, 9.17) is 4.74 Å². The number of likely N-dealkylation sites (N-methyl/N-ethyl adjacent to an activating group) is 1. The second-order valence-corrected chi connectivity index (χ2v) is 3.93. The first-order valence-electron chi connectivity index (χ1n) is 3.84. The molecule has 0 heterocycles. The number of ether oxygens (including phenoxy) is 1. The van der Waals surface area contributed by atoms with Gasteiger partial charge in [0.1, 0.15) is 6.54 Å². The van der Waals surface area contributed by atoms with Crippen LogP contribution in [0.3, 0.4) is 0 Å². The molecular weight excluding hydrogens is 162 g/mol. The summed E-state index contributed by atoms with van der Waals surface area (Å²) in [6.07, 6.45) is 0.367. The van der Waals surface area contributed by atoms with Crippen molar-refractivity contribution < 1.29 is 21.6 Å². The second-order valence-electron chi connectivity index (χ2n) is 3.93. The van der Waals surface area contributed by atoms with Gasteiger partial charge in [0.25, 0.3) is 0 Å². The first kappa shape index (κ1) is 13.8. The molecule has 70 valence electrons. The molecule has 11 heavy (non-hydrogen) atoms. The van der Waals surface area contributed by atoms with E-state index in [0.717, 1.165) is 17.6 Å². The van der Waals surface area contributed by atoms with Crippen molar-refractivity contribution in [1.29, 1.82) is 0 Å². The number of hydrogen-bond acceptors (Lipinski definition) is 1. The maximum absolute atomic E-state index is 5.40. The Bertz CT molecular complexity index is 88.6. The molecule has 0 N–H and O–H groups in total. The van der Waals surface area contributed by atoms with E-state index >= 15 is 0 Å². The number of hydrogen-bond donors (Lipinski definition) is 0. The van der Waals surface area contributed by atoms with Gasteiger partial charge in [-0.05, 0) is 13.8 Å². The molecule has 0 bridgehead atoms. The fourth-order valence-corrected chi connectivity index (χ4v) is 0.562. The molecule has 0 aromatic heterocycles. The Balaban J connectivity index is 0. The molecule has 0 aliphatic rings. The first-order valence-corrected chi connectivity index (χ1v) is 3.84. The highest BCUT2D eigenvalue weighted by Gasteiger charge is 2.05. The molecule has 0 aliphatic heterocycles. The third kappa shape index (κ3) is 13.2. The van der Waals surface area contributed by atoms with Crippen molar-refractivity contribution in [1.82, 2.24) is 0 Å². The maximum Gasteiger partial charge on any atom is 0.102 e. The number of nitrogens with zero attached hydrogens (tertiary/aromatic N) is 1. The minimum Gasteiger partial charge on any atom is -1.00 e. The molecule has 0 spiro atoms. The van der Waals surface area contributed by atoms with Crippen molar-refractivity contribution in [2.45, 2.75) is 20.0 Å². The molecular formula is C8H20ClNO. The predicted octanol–water partition coefficient (Wildman–Crippen LogP) is -1.88. The van der Waals surface area contributed by atoms with E-state index in [1.54, 1.807) is 0 Å². The minimum absolute atomic E-state index is 0. The highest BCUT2D eigenvalue weighted by Crippen LogP contribution is 1.92. The van der Waals surface area contributed by atoms with Crippen LogP contribution >= 0.6 is 0 Å². The normalized spacial score (nSPS) is 11.5. The molecule has 0 aliphatic carbocycles. The van der Waals surface area contributed by atoms with Gasteiger partial charge < -0.3 is 21.6 Å². The van der Waals surface area contributed by atoms with E-state index in [2.05, 4.69) is 35.0 Å². The average molecular weight is 182 g/mol. The Hall–Kier alpha value is 0.210. The van der Waals surface area contributed by atoms with E-state index in [-0.39, 0.29) is 12.4 Å². The molecule has 2 nitrogen and oxygen atoms in total. The number of halogens is 1. The Labute approximate surface area is 76.5 Å². The fraction of sp³-hybridized carbons (Fsp3) is 1.00. The van der Waals surface area contributed by atoms with Crippen molar-refractivity contribution in [2.24, 2.45) is 0 Å². The standard InChI is InChI=1S/C8H20NO.ClH/c1-8(2)10-7-6-9(3,4)5;/h8H,6-7H2,1-5H3;1H/q+1;/p-1. The van der Waals surface area contributed by atoms with Gasteiger partial charge >= 0.3 is 0 Å². The third-order valence-electron chi connectivity index (χ3n) is 1.21. The Morgan fingerprint density at radius 1 is 1.18 bits per heavy atom. The summed E-state index contributed by atoms with van der Waals surface area (Å²) in [5.74, 6) is 0. The van der Waals surface area contributed by atoms with Gasteiger partial charge in [-0.15, -0.1) is 0 Å². The summed E-state index contributed by atoms with van der Waals surface area (Å²) < 4.78 is 6.38. The van der Waals surface area contributed by atoms with Crippen molar-refractivity contribution in [3.8, 4) is 0 Å². The smallest absolute Gasteiger partial charge is 0.102 e. The highest BCUT2D eigenvalue weighted by atomic mass is 35.5. The van der Waals surface area contributed by atoms with Crippen LogP contribution in [0.4, 0.5) is 0 Å². The zero-order chi connectivity index (χ0) is 8.20. The number of quaternary nitrogens is 1. The lowest BCUT2D eigenvalue weighted by Gasteiger charge is -2.24. The summed E-state index contributed by atoms with van der Waals surface area (Å²) in [7, 11) is 6.51. The highest BCUT2D eigenvalue weighted by molar-refractivity contribution is 4.35. The van der Waals surface area contributed by atoms with Crippen molar-refractivity contribution >= 4 is 0 Å². The lowest BCUT2D eigenvalue weighted by molar-refractivity contribution is -0.870. The Kier molecular flexibility index (Phi) is 7.28. The molecule has 0 unspecified atom stereocenters. The molecule has 0 saturated heterocycles. The van der Waals surface area contributed by atoms with Gasteiger partial charge in [0.2, 0.25) is 0 Å². The van der Waals surface area contributed by atoms with Gasteiger partial charge in [-0.1, -0.05) is 0 Å². The molecule has 0 saturated carbocycles. The summed E-state index contributed by atoms with van der Waals surface area (Å²) in [6.45, 7) is 6.07. The van der Waals surface area contributed by atoms with Crippen LogP contribution in [-0.2, 0) is 4.74 Å². The van der Waals surface area contributed by atoms with Crippen LogP contribution in [0.25, 0.3) is 0 Å². The fourth-order valence-electron chi connectivity index (χ4n) is 0.562. The van der Waals surface area contributed by atoms with E-state index in [1.165, 1.54) is 0 Å². The van der Waals surface area contributed by atoms with Crippen LogP contribution in [0.1, 0.15) is 13.8 Å². The maximum atomic E-state index is 5.40. The van der Waals surface area contributed by atoms with E-state index in [0.29, 0.717) is 6.10 Å². The average Bonchev–Trinajstić information content (AvgIpc) is 1.59. The molecule has 0 rings (SSSR count). The molecule has 0 amide bonds. The van der Waals surface area contributed by atoms with Gasteiger partial charge in [-0.3, -0.25) is 0 Å². The Morgan fingerprint density at radius 3 is 1.91 bits per heavy atom. The van der Waals surface area contributed by atoms with Gasteiger partial charge in [0.15, 0.2) is 0 Å². The summed E-state index contributed by atoms with van der Waals surface area (Å²) in [4.78, 5) is 0. The molecule has 0 aromatic rings. The van der Waals surface area contributed by atoms with Crippen LogP contribution in [0.2, 0.25) is 0 Å². The molecule has 0 radical (unpaired) electrons. The molecule has 0 atom stereocenters. The summed E-state index contributed by atoms with van der Waals surface area (Å²) in [5.41, 5.74) is 0. The Morgan fingerprint density at radius 2 is 1.64 bits per heavy atom. The van der Waals surface area contributed by atoms with E-state index in [9.17, 15) is 0 Å². The minimum atomic E-state index is 0. The zero-order valence-electron chi connectivity index (χ0n) is 8.22. The SMILES string of the molecule is CC(C)OCC[N+](C)(C)C.[Cl-]. The topological polar surface area (TPSA) is 9.23 Å². The summed E-state index contributed by atoms with van der Waals surface area (Å²) in [6, 6.07) is 0. The van der Waals surface area contributed by atoms with Crippen LogP contribution in [-0.4, -0.2) is 44.9 Å². The van der Waals surface area contributed by atoms with Crippen LogP contribution in [0.15, 0.2) is 0 Å². The lowest BCUT2D eigenvalue weighted by atomic mass is 10.5. The zero-order valence-corrected chi connectivity index (χ0v) is 8.98. The number of rotatable bonds is 4. The molecule has 0 fully saturated rings. The lowest BCUT2D eigenvalue weighted by Crippen LogP contribution is -3.00. The van der Waals surface area contributed by atoms with Crippen molar-refractivity contribution in [3.63, 3.8) is 0 Å². The second kappa shape index (κ2) is 5.81. The summed E-state index contributed by atoms with van der Waals surface area (Å²) in [5, 5.41) is 0. The predicted molar refractivity (Wildman–Crippen MR) is 44.0 cm³/mol. The summed E-state index contributed by atoms with van der Waals surface area (Å²) >= 11 is 0.